The van der Waals surface area contributed by atoms with E-state index in [2.05, 4.69) is 26.6 Å². The van der Waals surface area contributed by atoms with E-state index >= 15 is 0 Å². The highest BCUT2D eigenvalue weighted by Gasteiger charge is 2.56. The first-order chi connectivity index (χ1) is 9.44. The number of amides is 2. The summed E-state index contributed by atoms with van der Waals surface area (Å²) >= 11 is 3.38. The molecule has 1 aromatic carbocycles. The topological polar surface area (TPSA) is 76.7 Å². The van der Waals surface area contributed by atoms with Gasteiger partial charge in [0.2, 0.25) is 0 Å². The van der Waals surface area contributed by atoms with E-state index in [1.54, 1.807) is 13.0 Å². The molecule has 1 aromatic rings. The number of benzene rings is 1. The number of ether oxygens (including phenoxy) is 2. The Balaban J connectivity index is 2.16. The molecule has 0 spiro atoms. The summed E-state index contributed by atoms with van der Waals surface area (Å²) in [7, 11) is 1.32. The first-order valence-corrected chi connectivity index (χ1v) is 6.89. The lowest BCUT2D eigenvalue weighted by molar-refractivity contribution is -0.160. The molecule has 106 valence electrons. The summed E-state index contributed by atoms with van der Waals surface area (Å²) in [5.41, 5.74) is -0.372. The smallest absolute Gasteiger partial charge is 0.318 e. The fourth-order valence-corrected chi connectivity index (χ4v) is 3.18. The summed E-state index contributed by atoms with van der Waals surface area (Å²) in [4.78, 5) is 23.8. The average Bonchev–Trinajstić information content (AvgIpc) is 2.38. The van der Waals surface area contributed by atoms with Crippen LogP contribution in [0.25, 0.3) is 0 Å². The lowest BCUT2D eigenvalue weighted by Crippen LogP contribution is -2.70. The third-order valence-electron chi connectivity index (χ3n) is 3.66. The number of rotatable bonds is 1. The molecule has 2 aliphatic rings. The molecule has 3 rings (SSSR count). The molecule has 2 amide bonds. The van der Waals surface area contributed by atoms with Crippen molar-refractivity contribution in [3.8, 4) is 5.75 Å². The zero-order valence-electron chi connectivity index (χ0n) is 10.9. The molecule has 2 bridgehead atoms. The number of carbonyl (C=O) groups is 2. The molecule has 20 heavy (non-hydrogen) atoms. The van der Waals surface area contributed by atoms with Crippen molar-refractivity contribution in [2.75, 3.05) is 7.11 Å². The summed E-state index contributed by atoms with van der Waals surface area (Å²) in [6.07, 6.45) is 0. The highest BCUT2D eigenvalue weighted by molar-refractivity contribution is 9.10. The molecular weight excluding hydrogens is 328 g/mol. The third-order valence-corrected chi connectivity index (χ3v) is 4.15. The SMILES string of the molecule is COC(=O)C1C2NC(=O)NC1(C)Oc1ccc(Br)cc12. The molecule has 1 fully saturated rings. The molecule has 2 aliphatic heterocycles. The van der Waals surface area contributed by atoms with Gasteiger partial charge in [0.1, 0.15) is 11.7 Å². The first kappa shape index (κ1) is 13.2. The minimum absolute atomic E-state index is 0.372. The van der Waals surface area contributed by atoms with E-state index in [1.165, 1.54) is 7.11 Å². The first-order valence-electron chi connectivity index (χ1n) is 6.09. The Labute approximate surface area is 123 Å². The van der Waals surface area contributed by atoms with Crippen molar-refractivity contribution in [2.24, 2.45) is 5.92 Å². The van der Waals surface area contributed by atoms with Gasteiger partial charge in [-0.05, 0) is 25.1 Å². The number of fused-ring (bicyclic) bond motifs is 4. The Kier molecular flexibility index (Phi) is 2.89. The standard InChI is InChI=1S/C13H13BrN2O4/c1-13-9(11(17)19-2)10(15-12(18)16-13)7-5-6(14)3-4-8(7)20-13/h3-5,9-10H,1-2H3,(H2,15,16,18). The molecule has 0 aliphatic carbocycles. The van der Waals surface area contributed by atoms with Crippen molar-refractivity contribution in [2.45, 2.75) is 18.7 Å². The number of nitrogens with one attached hydrogen (secondary N) is 2. The lowest BCUT2D eigenvalue weighted by Gasteiger charge is -2.48. The second kappa shape index (κ2) is 4.37. The minimum atomic E-state index is -1.12. The van der Waals surface area contributed by atoms with Gasteiger partial charge in [-0.1, -0.05) is 15.9 Å². The average molecular weight is 341 g/mol. The van der Waals surface area contributed by atoms with Crippen LogP contribution in [0.4, 0.5) is 4.79 Å². The highest BCUT2D eigenvalue weighted by atomic mass is 79.9. The maximum absolute atomic E-state index is 12.1. The number of methoxy groups -OCH3 is 1. The van der Waals surface area contributed by atoms with E-state index in [9.17, 15) is 9.59 Å². The Morgan fingerprint density at radius 2 is 2.25 bits per heavy atom. The number of carbonyl (C=O) groups excluding carboxylic acids is 2. The van der Waals surface area contributed by atoms with Gasteiger partial charge in [-0.15, -0.1) is 0 Å². The monoisotopic (exact) mass is 340 g/mol. The summed E-state index contributed by atoms with van der Waals surface area (Å²) < 4.78 is 11.6. The maximum Gasteiger partial charge on any atom is 0.318 e. The predicted octanol–water partition coefficient (Wildman–Crippen LogP) is 1.70. The van der Waals surface area contributed by atoms with Gasteiger partial charge in [0, 0.05) is 10.0 Å². The zero-order chi connectivity index (χ0) is 14.5. The van der Waals surface area contributed by atoms with Crippen LogP contribution in [0.5, 0.6) is 5.75 Å². The van der Waals surface area contributed by atoms with Gasteiger partial charge in [0.25, 0.3) is 0 Å². The van der Waals surface area contributed by atoms with Crippen molar-refractivity contribution in [3.05, 3.63) is 28.2 Å². The van der Waals surface area contributed by atoms with Gasteiger partial charge in [-0.3, -0.25) is 10.1 Å². The second-order valence-electron chi connectivity index (χ2n) is 4.97. The maximum atomic E-state index is 12.1. The van der Waals surface area contributed by atoms with Crippen LogP contribution in [-0.4, -0.2) is 24.8 Å². The number of urea groups is 1. The van der Waals surface area contributed by atoms with Crippen molar-refractivity contribution in [1.82, 2.24) is 10.6 Å². The van der Waals surface area contributed by atoms with Crippen LogP contribution in [0, 0.1) is 5.92 Å². The van der Waals surface area contributed by atoms with E-state index in [4.69, 9.17) is 9.47 Å². The van der Waals surface area contributed by atoms with Crippen LogP contribution < -0.4 is 15.4 Å². The summed E-state index contributed by atoms with van der Waals surface area (Å²) in [5.74, 6) is -0.462. The molecule has 7 heteroatoms. The van der Waals surface area contributed by atoms with Gasteiger partial charge in [0.05, 0.1) is 13.2 Å². The Bertz CT molecular complexity index is 606. The van der Waals surface area contributed by atoms with Crippen LogP contribution in [-0.2, 0) is 9.53 Å². The normalized spacial score (nSPS) is 30.4. The molecule has 2 heterocycles. The van der Waals surface area contributed by atoms with Gasteiger partial charge in [0.15, 0.2) is 5.72 Å². The van der Waals surface area contributed by atoms with Crippen molar-refractivity contribution in [3.63, 3.8) is 0 Å². The Hall–Kier alpha value is -1.76. The van der Waals surface area contributed by atoms with E-state index < -0.39 is 23.7 Å². The fourth-order valence-electron chi connectivity index (χ4n) is 2.80. The van der Waals surface area contributed by atoms with Crippen LogP contribution in [0.2, 0.25) is 0 Å². The number of hydrogen-bond acceptors (Lipinski definition) is 4. The van der Waals surface area contributed by atoms with Crippen LogP contribution >= 0.6 is 15.9 Å². The van der Waals surface area contributed by atoms with Crippen LogP contribution in [0.3, 0.4) is 0 Å². The summed E-state index contributed by atoms with van der Waals surface area (Å²) in [5, 5.41) is 5.43. The van der Waals surface area contributed by atoms with Crippen molar-refractivity contribution < 1.29 is 19.1 Å². The Morgan fingerprint density at radius 3 is 2.95 bits per heavy atom. The van der Waals surface area contributed by atoms with Crippen molar-refractivity contribution in [1.29, 1.82) is 0 Å². The number of hydrogen-bond donors (Lipinski definition) is 2. The molecule has 6 nitrogen and oxygen atoms in total. The Morgan fingerprint density at radius 1 is 1.50 bits per heavy atom. The van der Waals surface area contributed by atoms with Crippen LogP contribution in [0.15, 0.2) is 22.7 Å². The van der Waals surface area contributed by atoms with E-state index in [-0.39, 0.29) is 6.03 Å². The fraction of sp³-hybridized carbons (Fsp3) is 0.385. The molecule has 0 aromatic heterocycles. The summed E-state index contributed by atoms with van der Waals surface area (Å²) in [6, 6.07) is 4.63. The second-order valence-corrected chi connectivity index (χ2v) is 5.88. The molecular formula is C13H13BrN2O4. The van der Waals surface area contributed by atoms with Gasteiger partial charge < -0.3 is 14.8 Å². The largest absolute Gasteiger partial charge is 0.469 e. The molecule has 0 radical (unpaired) electrons. The summed E-state index contributed by atoms with van der Waals surface area (Å²) in [6.45, 7) is 1.67. The van der Waals surface area contributed by atoms with Gasteiger partial charge in [-0.2, -0.15) is 0 Å². The van der Waals surface area contributed by atoms with E-state index in [0.717, 1.165) is 10.0 Å². The molecule has 2 N–H and O–H groups in total. The third kappa shape index (κ3) is 1.84. The highest BCUT2D eigenvalue weighted by Crippen LogP contribution is 2.45. The molecule has 0 saturated carbocycles. The number of esters is 1. The van der Waals surface area contributed by atoms with E-state index in [0.29, 0.717) is 5.75 Å². The molecule has 1 saturated heterocycles. The molecule has 3 unspecified atom stereocenters. The van der Waals surface area contributed by atoms with Crippen LogP contribution in [0.1, 0.15) is 18.5 Å². The quantitative estimate of drug-likeness (QED) is 0.763. The number of halogens is 1. The van der Waals surface area contributed by atoms with Gasteiger partial charge in [-0.25, -0.2) is 4.79 Å². The van der Waals surface area contributed by atoms with Crippen molar-refractivity contribution >= 4 is 27.9 Å². The zero-order valence-corrected chi connectivity index (χ0v) is 12.5. The predicted molar refractivity (Wildman–Crippen MR) is 73.1 cm³/mol. The van der Waals surface area contributed by atoms with Gasteiger partial charge >= 0.3 is 12.0 Å². The molecule has 3 atom stereocenters. The lowest BCUT2D eigenvalue weighted by atomic mass is 9.80. The minimum Gasteiger partial charge on any atom is -0.469 e. The van der Waals surface area contributed by atoms with E-state index in [1.807, 2.05) is 12.1 Å².